The van der Waals surface area contributed by atoms with Gasteiger partial charge in [0.2, 0.25) is 0 Å². The summed E-state index contributed by atoms with van der Waals surface area (Å²) in [6, 6.07) is 7.97. The molecule has 0 aliphatic carbocycles. The molecule has 4 heteroatoms. The largest absolute Gasteiger partial charge is 0.497 e. The number of hydrogen-bond acceptors (Lipinski definition) is 4. The molecule has 96 valence electrons. The van der Waals surface area contributed by atoms with Crippen molar-refractivity contribution in [2.75, 3.05) is 40.8 Å². The van der Waals surface area contributed by atoms with E-state index in [1.54, 1.807) is 14.2 Å². The van der Waals surface area contributed by atoms with Crippen molar-refractivity contribution >= 4 is 0 Å². The number of rotatable bonds is 9. The number of hydrogen-bond donors (Lipinski definition) is 0. The highest BCUT2D eigenvalue weighted by Gasteiger charge is 1.95. The van der Waals surface area contributed by atoms with Crippen LogP contribution in [0.4, 0.5) is 0 Å². The maximum atomic E-state index is 5.33. The Balaban J connectivity index is 2.05. The molecular weight excluding hydrogens is 220 g/mol. The molecule has 0 saturated carbocycles. The van der Waals surface area contributed by atoms with E-state index in [0.717, 1.165) is 12.2 Å². The second-order valence-electron chi connectivity index (χ2n) is 3.53. The molecule has 0 unspecified atom stereocenters. The lowest BCUT2D eigenvalue weighted by Gasteiger charge is -2.06. The lowest BCUT2D eigenvalue weighted by Crippen LogP contribution is -2.07. The van der Waals surface area contributed by atoms with Gasteiger partial charge in [-0.25, -0.2) is 0 Å². The predicted octanol–water partition coefficient (Wildman–Crippen LogP) is 1.87. The van der Waals surface area contributed by atoms with Crippen molar-refractivity contribution in [2.24, 2.45) is 0 Å². The van der Waals surface area contributed by atoms with Crippen molar-refractivity contribution in [3.8, 4) is 5.75 Å². The lowest BCUT2D eigenvalue weighted by atomic mass is 10.1. The van der Waals surface area contributed by atoms with E-state index in [9.17, 15) is 0 Å². The molecule has 1 rings (SSSR count). The molecular formula is C13H20O4. The van der Waals surface area contributed by atoms with Crippen molar-refractivity contribution in [1.29, 1.82) is 0 Å². The van der Waals surface area contributed by atoms with E-state index in [1.165, 1.54) is 5.56 Å². The van der Waals surface area contributed by atoms with Crippen molar-refractivity contribution < 1.29 is 18.9 Å². The Morgan fingerprint density at radius 2 is 1.59 bits per heavy atom. The van der Waals surface area contributed by atoms with Crippen LogP contribution in [0.25, 0.3) is 0 Å². The molecule has 17 heavy (non-hydrogen) atoms. The molecule has 1 aromatic rings. The van der Waals surface area contributed by atoms with E-state index in [4.69, 9.17) is 18.9 Å². The van der Waals surface area contributed by atoms with Crippen LogP contribution in [0.3, 0.4) is 0 Å². The maximum absolute atomic E-state index is 5.33. The monoisotopic (exact) mass is 240 g/mol. The Morgan fingerprint density at radius 1 is 0.882 bits per heavy atom. The van der Waals surface area contributed by atoms with Gasteiger partial charge >= 0.3 is 0 Å². The van der Waals surface area contributed by atoms with Crippen LogP contribution in [0.2, 0.25) is 0 Å². The van der Waals surface area contributed by atoms with Crippen LogP contribution < -0.4 is 4.74 Å². The SMILES string of the molecule is COCCOCOCCc1ccc(OC)cc1. The average molecular weight is 240 g/mol. The molecule has 0 bridgehead atoms. The second kappa shape index (κ2) is 8.98. The van der Waals surface area contributed by atoms with E-state index in [0.29, 0.717) is 26.6 Å². The third-order valence-electron chi connectivity index (χ3n) is 2.29. The summed E-state index contributed by atoms with van der Waals surface area (Å²) in [6.45, 7) is 2.14. The molecule has 0 amide bonds. The van der Waals surface area contributed by atoms with Gasteiger partial charge in [0.25, 0.3) is 0 Å². The van der Waals surface area contributed by atoms with Crippen LogP contribution in [0, 0.1) is 0 Å². The standard InChI is InChI=1S/C13H20O4/c1-14-9-10-17-11-16-8-7-12-3-5-13(15-2)6-4-12/h3-6H,7-11H2,1-2H3. The lowest BCUT2D eigenvalue weighted by molar-refractivity contribution is -0.0647. The van der Waals surface area contributed by atoms with Crippen molar-refractivity contribution in [3.05, 3.63) is 29.8 Å². The zero-order valence-electron chi connectivity index (χ0n) is 10.5. The Morgan fingerprint density at radius 3 is 2.24 bits per heavy atom. The van der Waals surface area contributed by atoms with Crippen LogP contribution in [0.5, 0.6) is 5.75 Å². The van der Waals surface area contributed by atoms with Crippen molar-refractivity contribution in [1.82, 2.24) is 0 Å². The van der Waals surface area contributed by atoms with Gasteiger partial charge in [0.1, 0.15) is 12.5 Å². The molecule has 0 N–H and O–H groups in total. The van der Waals surface area contributed by atoms with Crippen LogP contribution in [0.1, 0.15) is 5.56 Å². The molecule has 1 aromatic carbocycles. The van der Waals surface area contributed by atoms with E-state index < -0.39 is 0 Å². The summed E-state index contributed by atoms with van der Waals surface area (Å²) in [5.41, 5.74) is 1.22. The normalized spacial score (nSPS) is 10.5. The molecule has 0 aromatic heterocycles. The van der Waals surface area contributed by atoms with Gasteiger partial charge in [0, 0.05) is 7.11 Å². The average Bonchev–Trinajstić information content (AvgIpc) is 2.38. The molecule has 0 aliphatic heterocycles. The van der Waals surface area contributed by atoms with Crippen LogP contribution in [0.15, 0.2) is 24.3 Å². The minimum Gasteiger partial charge on any atom is -0.497 e. The molecule has 4 nitrogen and oxygen atoms in total. The first kappa shape index (κ1) is 14.0. The molecule has 0 fully saturated rings. The first-order chi connectivity index (χ1) is 8.36. The van der Waals surface area contributed by atoms with E-state index >= 15 is 0 Å². The van der Waals surface area contributed by atoms with Crippen LogP contribution in [-0.2, 0) is 20.6 Å². The second-order valence-corrected chi connectivity index (χ2v) is 3.53. The van der Waals surface area contributed by atoms with Crippen molar-refractivity contribution in [3.63, 3.8) is 0 Å². The van der Waals surface area contributed by atoms with Gasteiger partial charge < -0.3 is 18.9 Å². The Bertz CT molecular complexity index is 284. The van der Waals surface area contributed by atoms with Crippen molar-refractivity contribution in [2.45, 2.75) is 6.42 Å². The zero-order valence-corrected chi connectivity index (χ0v) is 10.5. The highest BCUT2D eigenvalue weighted by Crippen LogP contribution is 2.11. The summed E-state index contributed by atoms with van der Waals surface area (Å²) in [5, 5.41) is 0. The Labute approximate surface area is 102 Å². The first-order valence-corrected chi connectivity index (χ1v) is 5.64. The highest BCUT2D eigenvalue weighted by atomic mass is 16.7. The predicted molar refractivity (Wildman–Crippen MR) is 65.3 cm³/mol. The third kappa shape index (κ3) is 6.26. The van der Waals surface area contributed by atoms with Gasteiger partial charge in [-0.15, -0.1) is 0 Å². The molecule has 0 radical (unpaired) electrons. The van der Waals surface area contributed by atoms with Gasteiger partial charge in [0.15, 0.2) is 0 Å². The Hall–Kier alpha value is -1.10. The Kier molecular flexibility index (Phi) is 7.38. The highest BCUT2D eigenvalue weighted by molar-refractivity contribution is 5.27. The first-order valence-electron chi connectivity index (χ1n) is 5.64. The van der Waals surface area contributed by atoms with Gasteiger partial charge in [0.05, 0.1) is 26.9 Å². The topological polar surface area (TPSA) is 36.9 Å². The number of methoxy groups -OCH3 is 2. The molecule has 0 aliphatic rings. The van der Waals surface area contributed by atoms with Gasteiger partial charge in [-0.05, 0) is 24.1 Å². The van der Waals surface area contributed by atoms with Gasteiger partial charge in [-0.3, -0.25) is 0 Å². The number of benzene rings is 1. The van der Waals surface area contributed by atoms with Gasteiger partial charge in [-0.2, -0.15) is 0 Å². The summed E-state index contributed by atoms with van der Waals surface area (Å²) in [5.74, 6) is 0.873. The fourth-order valence-corrected chi connectivity index (χ4v) is 1.30. The summed E-state index contributed by atoms with van der Waals surface area (Å²) < 4.78 is 20.4. The third-order valence-corrected chi connectivity index (χ3v) is 2.29. The summed E-state index contributed by atoms with van der Waals surface area (Å²) in [6.07, 6.45) is 0.873. The summed E-state index contributed by atoms with van der Waals surface area (Å²) >= 11 is 0. The van der Waals surface area contributed by atoms with Crippen LogP contribution in [-0.4, -0.2) is 40.8 Å². The maximum Gasteiger partial charge on any atom is 0.146 e. The summed E-state index contributed by atoms with van der Waals surface area (Å²) in [7, 11) is 3.31. The van der Waals surface area contributed by atoms with E-state index in [-0.39, 0.29) is 0 Å². The minimum atomic E-state index is 0.319. The molecule has 0 heterocycles. The zero-order chi connectivity index (χ0) is 12.3. The van der Waals surface area contributed by atoms with E-state index in [2.05, 4.69) is 0 Å². The van der Waals surface area contributed by atoms with E-state index in [1.807, 2.05) is 24.3 Å². The number of ether oxygens (including phenoxy) is 4. The molecule has 0 atom stereocenters. The fourth-order valence-electron chi connectivity index (χ4n) is 1.30. The summed E-state index contributed by atoms with van der Waals surface area (Å²) in [4.78, 5) is 0. The fraction of sp³-hybridized carbons (Fsp3) is 0.538. The van der Waals surface area contributed by atoms with Gasteiger partial charge in [-0.1, -0.05) is 12.1 Å². The van der Waals surface area contributed by atoms with Crippen LogP contribution >= 0.6 is 0 Å². The minimum absolute atomic E-state index is 0.319. The smallest absolute Gasteiger partial charge is 0.146 e. The molecule has 0 spiro atoms. The molecule has 0 saturated heterocycles. The quantitative estimate of drug-likeness (QED) is 0.488.